The van der Waals surface area contributed by atoms with Gasteiger partial charge < -0.3 is 29.5 Å². The van der Waals surface area contributed by atoms with Crippen LogP contribution < -0.4 is 11.0 Å². The number of hydroxylamine groups is 2. The number of aromatic nitrogens is 4. The number of aromatic amines is 2. The molecule has 43 heavy (non-hydrogen) atoms. The summed E-state index contributed by atoms with van der Waals surface area (Å²) in [5.41, 5.74) is 3.33. The number of ether oxygens (including phenoxy) is 2. The Balaban J connectivity index is 1.00. The van der Waals surface area contributed by atoms with Crippen LogP contribution >= 0.6 is 0 Å². The van der Waals surface area contributed by atoms with E-state index in [0.717, 1.165) is 27.5 Å². The molecule has 3 fully saturated rings. The van der Waals surface area contributed by atoms with Crippen LogP contribution in [0.25, 0.3) is 21.9 Å². The second-order valence-electron chi connectivity index (χ2n) is 11.5. The summed E-state index contributed by atoms with van der Waals surface area (Å²) in [6.45, 7) is 3.02. The largest absolute Gasteiger partial charge is 0.426 e. The van der Waals surface area contributed by atoms with Crippen molar-refractivity contribution in [1.82, 2.24) is 35.0 Å². The van der Waals surface area contributed by atoms with Gasteiger partial charge >= 0.3 is 11.8 Å². The highest BCUT2D eigenvalue weighted by Gasteiger charge is 2.42. The summed E-state index contributed by atoms with van der Waals surface area (Å²) in [7, 11) is 0. The van der Waals surface area contributed by atoms with Crippen molar-refractivity contribution in [3.63, 3.8) is 0 Å². The molecule has 1 unspecified atom stereocenters. The highest BCUT2D eigenvalue weighted by atomic mass is 16.7. The predicted octanol–water partition coefficient (Wildman–Crippen LogP) is 2.46. The number of rotatable bonds is 6. The molecule has 1 atom stereocenters. The molecule has 2 aromatic carbocycles. The van der Waals surface area contributed by atoms with Crippen molar-refractivity contribution in [2.75, 3.05) is 39.4 Å². The number of imidazole rings is 1. The van der Waals surface area contributed by atoms with Gasteiger partial charge in [-0.15, -0.1) is 5.06 Å². The summed E-state index contributed by atoms with van der Waals surface area (Å²) >= 11 is 0. The third kappa shape index (κ3) is 5.63. The van der Waals surface area contributed by atoms with Gasteiger partial charge in [-0.05, 0) is 42.7 Å². The number of benzene rings is 2. The Morgan fingerprint density at radius 1 is 1.05 bits per heavy atom. The number of hydrogen-bond acceptors (Lipinski definition) is 8. The zero-order valence-corrected chi connectivity index (χ0v) is 23.8. The van der Waals surface area contributed by atoms with E-state index in [1.807, 2.05) is 42.5 Å². The molecule has 226 valence electrons. The van der Waals surface area contributed by atoms with E-state index in [1.165, 1.54) is 0 Å². The van der Waals surface area contributed by atoms with Crippen molar-refractivity contribution in [2.24, 2.45) is 0 Å². The van der Waals surface area contributed by atoms with Gasteiger partial charge in [0.25, 0.3) is 0 Å². The molecule has 2 amide bonds. The normalized spacial score (nSPS) is 20.1. The lowest BCUT2D eigenvalue weighted by Crippen LogP contribution is -2.55. The zero-order chi connectivity index (χ0) is 29.4. The summed E-state index contributed by atoms with van der Waals surface area (Å²) in [5, 5.41) is 12.4. The average molecular weight is 590 g/mol. The van der Waals surface area contributed by atoms with E-state index in [2.05, 4.69) is 20.5 Å². The van der Waals surface area contributed by atoms with Crippen molar-refractivity contribution in [3.05, 3.63) is 64.7 Å². The van der Waals surface area contributed by atoms with Crippen LogP contribution in [0.1, 0.15) is 37.3 Å². The SMILES string of the molecule is O=C(NC(Cc1ccc2[nH]ncc2c1)C(=O)N1CCC2(CC1)OCCO2)ON1CCC(n2c(=O)[nH]c3ccccc32)CC1. The van der Waals surface area contributed by atoms with Crippen LogP contribution in [0.3, 0.4) is 0 Å². The number of nitrogens with zero attached hydrogens (tertiary/aromatic N) is 4. The Kier molecular flexibility index (Phi) is 7.37. The van der Waals surface area contributed by atoms with Crippen LogP contribution in [0.5, 0.6) is 0 Å². The quantitative estimate of drug-likeness (QED) is 0.311. The Hall–Kier alpha value is -4.20. The van der Waals surface area contributed by atoms with Gasteiger partial charge in [0.1, 0.15) is 6.04 Å². The fourth-order valence-electron chi connectivity index (χ4n) is 6.54. The lowest BCUT2D eigenvalue weighted by Gasteiger charge is -2.39. The Labute approximate surface area is 247 Å². The second kappa shape index (κ2) is 11.5. The number of para-hydroxylation sites is 2. The van der Waals surface area contributed by atoms with Gasteiger partial charge in [0.05, 0.1) is 36.0 Å². The molecule has 3 aliphatic heterocycles. The van der Waals surface area contributed by atoms with E-state index in [-0.39, 0.29) is 17.6 Å². The summed E-state index contributed by atoms with van der Waals surface area (Å²) < 4.78 is 13.4. The van der Waals surface area contributed by atoms with E-state index in [0.29, 0.717) is 71.5 Å². The van der Waals surface area contributed by atoms with Crippen molar-refractivity contribution in [3.8, 4) is 0 Å². The number of fused-ring (bicyclic) bond motifs is 2. The van der Waals surface area contributed by atoms with Crippen LogP contribution in [0.15, 0.2) is 53.5 Å². The number of H-pyrrole nitrogens is 2. The molecule has 0 saturated carbocycles. The third-order valence-corrected chi connectivity index (χ3v) is 8.81. The highest BCUT2D eigenvalue weighted by molar-refractivity contribution is 5.86. The number of piperidine rings is 2. The van der Waals surface area contributed by atoms with Gasteiger partial charge in [0.2, 0.25) is 5.91 Å². The smallest absolute Gasteiger partial charge is 0.351 e. The molecule has 4 aromatic rings. The predicted molar refractivity (Wildman–Crippen MR) is 156 cm³/mol. The molecule has 3 aliphatic rings. The molecular weight excluding hydrogens is 554 g/mol. The molecule has 13 nitrogen and oxygen atoms in total. The number of likely N-dealkylation sites (tertiary alicyclic amines) is 1. The first-order valence-electron chi connectivity index (χ1n) is 14.9. The van der Waals surface area contributed by atoms with Gasteiger partial charge in [-0.25, -0.2) is 9.59 Å². The van der Waals surface area contributed by atoms with Gasteiger partial charge in [-0.1, -0.05) is 18.2 Å². The monoisotopic (exact) mass is 589 g/mol. The summed E-state index contributed by atoms with van der Waals surface area (Å²) in [6, 6.07) is 12.6. The van der Waals surface area contributed by atoms with E-state index >= 15 is 0 Å². The second-order valence-corrected chi connectivity index (χ2v) is 11.5. The summed E-state index contributed by atoms with van der Waals surface area (Å²) in [6.07, 6.45) is 3.81. The molecule has 0 radical (unpaired) electrons. The average Bonchev–Trinajstić information content (AvgIpc) is 3.76. The van der Waals surface area contributed by atoms with E-state index in [4.69, 9.17) is 14.3 Å². The van der Waals surface area contributed by atoms with Gasteiger partial charge in [-0.2, -0.15) is 5.10 Å². The minimum absolute atomic E-state index is 0.00560. The maximum Gasteiger partial charge on any atom is 0.426 e. The molecule has 2 aromatic heterocycles. The first-order valence-corrected chi connectivity index (χ1v) is 14.9. The van der Waals surface area contributed by atoms with Crippen molar-refractivity contribution in [1.29, 1.82) is 0 Å². The first kappa shape index (κ1) is 27.6. The van der Waals surface area contributed by atoms with E-state index < -0.39 is 17.9 Å². The number of carbonyl (C=O) groups excluding carboxylic acids is 2. The molecule has 3 saturated heterocycles. The standard InChI is InChI=1S/C30H35N7O6/c38-27(35-13-9-30(10-14-35)41-15-16-42-30)25(18-20-5-6-23-21(17-20)19-31-34-23)33-29(40)43-36-11-7-22(8-12-36)37-26-4-2-1-3-24(26)32-28(37)39/h1-6,17,19,22,25H,7-16,18H2,(H,31,34)(H,32,39)(H,33,40). The highest BCUT2D eigenvalue weighted by Crippen LogP contribution is 2.32. The third-order valence-electron chi connectivity index (χ3n) is 8.81. The molecule has 0 bridgehead atoms. The summed E-state index contributed by atoms with van der Waals surface area (Å²) in [5.74, 6) is -0.774. The van der Waals surface area contributed by atoms with E-state index in [9.17, 15) is 14.4 Å². The van der Waals surface area contributed by atoms with E-state index in [1.54, 1.807) is 20.7 Å². The van der Waals surface area contributed by atoms with Crippen LogP contribution in [0.2, 0.25) is 0 Å². The van der Waals surface area contributed by atoms with Crippen LogP contribution in [0, 0.1) is 0 Å². The number of carbonyl (C=O) groups is 2. The van der Waals surface area contributed by atoms with Gasteiger partial charge in [0.15, 0.2) is 5.79 Å². The fourth-order valence-corrected chi connectivity index (χ4v) is 6.54. The Morgan fingerprint density at radius 2 is 1.81 bits per heavy atom. The van der Waals surface area contributed by atoms with Crippen LogP contribution in [-0.4, -0.2) is 92.9 Å². The molecule has 13 heteroatoms. The maximum absolute atomic E-state index is 13.8. The topological polar surface area (TPSA) is 147 Å². The molecule has 3 N–H and O–H groups in total. The molecule has 1 spiro atoms. The molecule has 0 aliphatic carbocycles. The summed E-state index contributed by atoms with van der Waals surface area (Å²) in [4.78, 5) is 49.9. The number of amides is 2. The zero-order valence-electron chi connectivity index (χ0n) is 23.8. The van der Waals surface area contributed by atoms with Crippen LogP contribution in [0.4, 0.5) is 4.79 Å². The maximum atomic E-state index is 13.8. The molecular formula is C30H35N7O6. The number of nitrogens with one attached hydrogen (secondary N) is 3. The van der Waals surface area contributed by atoms with Gasteiger partial charge in [0, 0.05) is 56.9 Å². The minimum Gasteiger partial charge on any atom is -0.351 e. The van der Waals surface area contributed by atoms with Crippen molar-refractivity contribution >= 4 is 33.9 Å². The lowest BCUT2D eigenvalue weighted by molar-refractivity contribution is -0.188. The van der Waals surface area contributed by atoms with Crippen molar-refractivity contribution in [2.45, 2.75) is 50.0 Å². The van der Waals surface area contributed by atoms with Crippen molar-refractivity contribution < 1.29 is 23.9 Å². The first-order chi connectivity index (χ1) is 21.0. The molecule has 5 heterocycles. The Bertz CT molecular complexity index is 1670. The van der Waals surface area contributed by atoms with Gasteiger partial charge in [-0.3, -0.25) is 14.5 Å². The van der Waals surface area contributed by atoms with Crippen LogP contribution in [-0.2, 0) is 25.5 Å². The number of hydrogen-bond donors (Lipinski definition) is 3. The Morgan fingerprint density at radius 3 is 2.60 bits per heavy atom. The fraction of sp³-hybridized carbons (Fsp3) is 0.467. The molecule has 7 rings (SSSR count). The lowest BCUT2D eigenvalue weighted by atomic mass is 10.00. The minimum atomic E-state index is -0.821.